The Bertz CT molecular complexity index is 526. The number of nitrogens with one attached hydrogen (secondary N) is 1. The zero-order valence-electron chi connectivity index (χ0n) is 12.5. The number of amides is 1. The van der Waals surface area contributed by atoms with E-state index in [1.165, 1.54) is 11.1 Å². The second-order valence-corrected chi connectivity index (χ2v) is 5.76. The molecule has 112 valence electrons. The van der Waals surface area contributed by atoms with Crippen LogP contribution in [0, 0.1) is 0 Å². The molecule has 5 nitrogen and oxygen atoms in total. The number of nitrogens with zero attached hydrogens (tertiary/aromatic N) is 3. The average Bonchev–Trinajstić information content (AvgIpc) is 2.46. The number of aromatic nitrogens is 1. The third-order valence-corrected chi connectivity index (χ3v) is 4.32. The van der Waals surface area contributed by atoms with Crippen LogP contribution < -0.4 is 5.32 Å². The Balaban J connectivity index is 1.52. The van der Waals surface area contributed by atoms with Gasteiger partial charge in [0.15, 0.2) is 0 Å². The van der Waals surface area contributed by atoms with E-state index in [9.17, 15) is 4.79 Å². The lowest BCUT2D eigenvalue weighted by atomic mass is 10.0. The van der Waals surface area contributed by atoms with Crippen LogP contribution in [0.4, 0.5) is 0 Å². The first kappa shape index (κ1) is 14.2. The van der Waals surface area contributed by atoms with E-state index in [1.807, 2.05) is 24.1 Å². The highest BCUT2D eigenvalue weighted by molar-refractivity contribution is 5.94. The highest BCUT2D eigenvalue weighted by atomic mass is 16.2. The normalized spacial score (nSPS) is 19.3. The molecule has 0 bridgehead atoms. The maximum Gasteiger partial charge on any atom is 0.249 e. The van der Waals surface area contributed by atoms with Crippen molar-refractivity contribution in [3.05, 3.63) is 41.2 Å². The molecule has 21 heavy (non-hydrogen) atoms. The summed E-state index contributed by atoms with van der Waals surface area (Å²) in [7, 11) is 0. The Morgan fingerprint density at radius 2 is 2.05 bits per heavy atom. The molecule has 1 aromatic rings. The molecule has 1 amide bonds. The van der Waals surface area contributed by atoms with Crippen molar-refractivity contribution in [1.29, 1.82) is 0 Å². The van der Waals surface area contributed by atoms with Gasteiger partial charge in [-0.15, -0.1) is 0 Å². The highest BCUT2D eigenvalue weighted by Crippen LogP contribution is 2.14. The Hall–Kier alpha value is -1.72. The predicted octanol–water partition coefficient (Wildman–Crippen LogP) is 0.646. The van der Waals surface area contributed by atoms with Crippen molar-refractivity contribution < 1.29 is 4.79 Å². The molecule has 0 unspecified atom stereocenters. The van der Waals surface area contributed by atoms with Crippen molar-refractivity contribution in [2.45, 2.75) is 13.5 Å². The molecular formula is C16H22N4O. The van der Waals surface area contributed by atoms with Crippen LogP contribution >= 0.6 is 0 Å². The van der Waals surface area contributed by atoms with Gasteiger partial charge in [0.05, 0.1) is 0 Å². The maximum absolute atomic E-state index is 12.4. The number of hydrogen-bond acceptors (Lipinski definition) is 4. The molecule has 5 heteroatoms. The van der Waals surface area contributed by atoms with Crippen LogP contribution in [0.15, 0.2) is 35.7 Å². The zero-order valence-corrected chi connectivity index (χ0v) is 12.5. The molecule has 0 radical (unpaired) electrons. The van der Waals surface area contributed by atoms with Crippen molar-refractivity contribution in [1.82, 2.24) is 20.1 Å². The molecule has 0 atom stereocenters. The van der Waals surface area contributed by atoms with Crippen molar-refractivity contribution in [3.63, 3.8) is 0 Å². The predicted molar refractivity (Wildman–Crippen MR) is 81.7 cm³/mol. The lowest BCUT2D eigenvalue weighted by Crippen LogP contribution is -2.49. The Labute approximate surface area is 125 Å². The molecule has 2 saturated heterocycles. The zero-order chi connectivity index (χ0) is 14.7. The van der Waals surface area contributed by atoms with Crippen molar-refractivity contribution in [2.75, 3.05) is 39.3 Å². The third-order valence-electron chi connectivity index (χ3n) is 4.32. The van der Waals surface area contributed by atoms with Gasteiger partial charge in [0.2, 0.25) is 5.91 Å². The second-order valence-electron chi connectivity index (χ2n) is 5.76. The van der Waals surface area contributed by atoms with E-state index in [-0.39, 0.29) is 5.91 Å². The molecule has 3 heterocycles. The van der Waals surface area contributed by atoms with Gasteiger partial charge in [-0.2, -0.15) is 0 Å². The van der Waals surface area contributed by atoms with Crippen LogP contribution in [0.2, 0.25) is 0 Å². The van der Waals surface area contributed by atoms with Crippen LogP contribution in [-0.4, -0.2) is 60.0 Å². The fraction of sp³-hybridized carbons (Fsp3) is 0.500. The van der Waals surface area contributed by atoms with Gasteiger partial charge in [-0.05, 0) is 24.1 Å². The van der Waals surface area contributed by atoms with Gasteiger partial charge in [0, 0.05) is 63.8 Å². The fourth-order valence-corrected chi connectivity index (χ4v) is 2.76. The van der Waals surface area contributed by atoms with Crippen LogP contribution in [0.25, 0.3) is 0 Å². The summed E-state index contributed by atoms with van der Waals surface area (Å²) in [4.78, 5) is 20.9. The monoisotopic (exact) mass is 286 g/mol. The topological polar surface area (TPSA) is 48.5 Å². The highest BCUT2D eigenvalue weighted by Gasteiger charge is 2.24. The number of carbonyl (C=O) groups is 1. The van der Waals surface area contributed by atoms with E-state index >= 15 is 0 Å². The van der Waals surface area contributed by atoms with Gasteiger partial charge in [-0.25, -0.2) is 0 Å². The van der Waals surface area contributed by atoms with Gasteiger partial charge in [0.1, 0.15) is 0 Å². The molecule has 0 saturated carbocycles. The Kier molecular flexibility index (Phi) is 4.31. The minimum Gasteiger partial charge on any atom is -0.336 e. The summed E-state index contributed by atoms with van der Waals surface area (Å²) in [6, 6.07) is 4.07. The van der Waals surface area contributed by atoms with Crippen LogP contribution in [0.3, 0.4) is 0 Å². The van der Waals surface area contributed by atoms with Gasteiger partial charge >= 0.3 is 0 Å². The molecule has 0 aliphatic carbocycles. The number of piperazine rings is 1. The van der Waals surface area contributed by atoms with Gasteiger partial charge in [-0.1, -0.05) is 6.07 Å². The summed E-state index contributed by atoms with van der Waals surface area (Å²) in [6.07, 6.45) is 3.71. The molecule has 0 aromatic carbocycles. The van der Waals surface area contributed by atoms with E-state index in [0.717, 1.165) is 51.4 Å². The van der Waals surface area contributed by atoms with E-state index in [4.69, 9.17) is 0 Å². The van der Waals surface area contributed by atoms with Crippen molar-refractivity contribution in [2.24, 2.45) is 0 Å². The van der Waals surface area contributed by atoms with Crippen LogP contribution in [0.5, 0.6) is 0 Å². The smallest absolute Gasteiger partial charge is 0.249 e. The van der Waals surface area contributed by atoms with E-state index in [0.29, 0.717) is 0 Å². The summed E-state index contributed by atoms with van der Waals surface area (Å²) in [5.74, 6) is 0.215. The van der Waals surface area contributed by atoms with Gasteiger partial charge in [0.25, 0.3) is 0 Å². The molecule has 2 aliphatic heterocycles. The molecule has 2 aliphatic rings. The average molecular weight is 286 g/mol. The molecule has 2 fully saturated rings. The first-order chi connectivity index (χ1) is 10.2. The molecule has 1 aromatic heterocycles. The van der Waals surface area contributed by atoms with E-state index < -0.39 is 0 Å². The standard InChI is InChI=1S/C16H22N4O/c1-13(15-10-18-11-15)16(21)20-7-5-19(6-8-20)12-14-3-2-4-17-9-14/h2-4,9,18H,5-8,10-12H2,1H3. The summed E-state index contributed by atoms with van der Waals surface area (Å²) >= 11 is 0. The minimum absolute atomic E-state index is 0.215. The van der Waals surface area contributed by atoms with Crippen molar-refractivity contribution >= 4 is 5.91 Å². The van der Waals surface area contributed by atoms with E-state index in [1.54, 1.807) is 6.20 Å². The molecule has 3 rings (SSSR count). The lowest BCUT2D eigenvalue weighted by Gasteiger charge is -2.35. The lowest BCUT2D eigenvalue weighted by molar-refractivity contribution is -0.129. The number of pyridine rings is 1. The third kappa shape index (κ3) is 3.31. The van der Waals surface area contributed by atoms with Gasteiger partial charge < -0.3 is 10.2 Å². The SMILES string of the molecule is CC(C(=O)N1CCN(Cc2cccnc2)CC1)=C1CNC1. The second kappa shape index (κ2) is 6.37. The quantitative estimate of drug-likeness (QED) is 0.829. The van der Waals surface area contributed by atoms with Gasteiger partial charge in [-0.3, -0.25) is 14.7 Å². The first-order valence-electron chi connectivity index (χ1n) is 7.54. The summed E-state index contributed by atoms with van der Waals surface area (Å²) in [5.41, 5.74) is 3.43. The summed E-state index contributed by atoms with van der Waals surface area (Å²) in [6.45, 7) is 8.12. The van der Waals surface area contributed by atoms with Crippen LogP contribution in [0.1, 0.15) is 12.5 Å². The number of carbonyl (C=O) groups excluding carboxylic acids is 1. The summed E-state index contributed by atoms with van der Waals surface area (Å²) in [5, 5.41) is 3.19. The molecule has 0 spiro atoms. The van der Waals surface area contributed by atoms with E-state index in [2.05, 4.69) is 21.3 Å². The minimum atomic E-state index is 0.215. The fourth-order valence-electron chi connectivity index (χ4n) is 2.76. The Morgan fingerprint density at radius 1 is 1.29 bits per heavy atom. The van der Waals surface area contributed by atoms with Crippen molar-refractivity contribution in [3.8, 4) is 0 Å². The maximum atomic E-state index is 12.4. The molecular weight excluding hydrogens is 264 g/mol. The first-order valence-corrected chi connectivity index (χ1v) is 7.54. The largest absolute Gasteiger partial charge is 0.336 e. The Morgan fingerprint density at radius 3 is 2.62 bits per heavy atom. The molecule has 1 N–H and O–H groups in total. The summed E-state index contributed by atoms with van der Waals surface area (Å²) < 4.78 is 0. The van der Waals surface area contributed by atoms with Crippen LogP contribution in [-0.2, 0) is 11.3 Å². The number of rotatable bonds is 3. The number of hydrogen-bond donors (Lipinski definition) is 1.